The van der Waals surface area contributed by atoms with Gasteiger partial charge >= 0.3 is 5.97 Å². The Bertz CT molecular complexity index is 552. The zero-order chi connectivity index (χ0) is 14.9. The molecule has 1 aromatic rings. The third-order valence-corrected chi connectivity index (χ3v) is 2.96. The van der Waals surface area contributed by atoms with Gasteiger partial charge in [0.1, 0.15) is 18.3 Å². The first-order valence-electron chi connectivity index (χ1n) is 5.59. The van der Waals surface area contributed by atoms with E-state index in [2.05, 4.69) is 10.3 Å². The van der Waals surface area contributed by atoms with Crippen molar-refractivity contribution < 1.29 is 30.0 Å². The van der Waals surface area contributed by atoms with Gasteiger partial charge in [0.15, 0.2) is 23.9 Å². The summed E-state index contributed by atoms with van der Waals surface area (Å²) in [6.45, 7) is -0.518. The van der Waals surface area contributed by atoms with E-state index in [0.717, 1.165) is 10.9 Å². The molecule has 10 nitrogen and oxygen atoms in total. The van der Waals surface area contributed by atoms with E-state index in [1.165, 1.54) is 0 Å². The highest BCUT2D eigenvalue weighted by Gasteiger charge is 2.44. The van der Waals surface area contributed by atoms with Gasteiger partial charge in [0.2, 0.25) is 0 Å². The van der Waals surface area contributed by atoms with Crippen LogP contribution in [0.5, 0.6) is 0 Å². The number of nitriles is 1. The largest absolute Gasteiger partial charge is 0.476 e. The predicted molar refractivity (Wildman–Crippen MR) is 61.4 cm³/mol. The number of carboxylic acids is 1. The number of imidazole rings is 1. The fourth-order valence-corrected chi connectivity index (χ4v) is 2.00. The lowest BCUT2D eigenvalue weighted by Crippen LogP contribution is -2.33. The lowest BCUT2D eigenvalue weighted by atomic mass is 10.1. The lowest BCUT2D eigenvalue weighted by Gasteiger charge is -2.18. The van der Waals surface area contributed by atoms with Crippen molar-refractivity contribution in [1.82, 2.24) is 9.55 Å². The number of hydrogen-bond acceptors (Lipinski definition) is 8. The molecular weight excluding hydrogens is 274 g/mol. The van der Waals surface area contributed by atoms with Crippen LogP contribution in [-0.4, -0.2) is 60.9 Å². The van der Waals surface area contributed by atoms with Crippen molar-refractivity contribution in [2.24, 2.45) is 0 Å². The molecule has 0 aliphatic carbocycles. The fraction of sp³-hybridized carbons (Fsp3) is 0.500. The molecule has 0 amide bonds. The van der Waals surface area contributed by atoms with Gasteiger partial charge in [-0.15, -0.1) is 0 Å². The smallest absolute Gasteiger partial charge is 0.358 e. The van der Waals surface area contributed by atoms with Crippen LogP contribution in [0, 0.1) is 11.5 Å². The average Bonchev–Trinajstić information content (AvgIpc) is 2.94. The van der Waals surface area contributed by atoms with Crippen LogP contribution in [0.25, 0.3) is 0 Å². The Labute approximate surface area is 112 Å². The summed E-state index contributed by atoms with van der Waals surface area (Å²) >= 11 is 0. The number of carbonyl (C=O) groups is 1. The van der Waals surface area contributed by atoms with Crippen molar-refractivity contribution in [3.8, 4) is 6.19 Å². The minimum absolute atomic E-state index is 0.185. The summed E-state index contributed by atoms with van der Waals surface area (Å²) in [5.74, 6) is -1.55. The quantitative estimate of drug-likeness (QED) is 0.241. The van der Waals surface area contributed by atoms with Crippen molar-refractivity contribution >= 4 is 11.8 Å². The minimum atomic E-state index is -1.40. The van der Waals surface area contributed by atoms with Crippen molar-refractivity contribution in [1.29, 1.82) is 5.26 Å². The molecule has 4 atom stereocenters. The first-order chi connectivity index (χ1) is 9.51. The topological polar surface area (TPSA) is 161 Å². The molecule has 0 saturated carbocycles. The number of nitrogens with one attached hydrogen (secondary N) is 1. The Morgan fingerprint density at radius 3 is 2.80 bits per heavy atom. The average molecular weight is 286 g/mol. The third kappa shape index (κ3) is 2.19. The molecule has 10 heteroatoms. The van der Waals surface area contributed by atoms with Crippen LogP contribution in [-0.2, 0) is 4.74 Å². The number of hydrogen-bond donors (Lipinski definition) is 5. The van der Waals surface area contributed by atoms with Crippen LogP contribution >= 0.6 is 0 Å². The number of anilines is 1. The highest BCUT2D eigenvalue weighted by atomic mass is 18.2. The molecule has 0 bridgehead atoms. The number of nitrogens with zero attached hydrogens (tertiary/aromatic N) is 3. The molecule has 0 aromatic carbocycles. The number of carboxylic acid groups (broad SMARTS) is 1. The molecule has 5 N–H and O–H groups in total. The number of rotatable bonds is 4. The van der Waals surface area contributed by atoms with Gasteiger partial charge in [0.25, 0.3) is 0 Å². The summed E-state index contributed by atoms with van der Waals surface area (Å²) in [4.78, 5) is 14.6. The van der Waals surface area contributed by atoms with Crippen LogP contribution in [0.15, 0.2) is 6.33 Å². The molecule has 1 aliphatic heterocycles. The maximum absolute atomic E-state index is 11.0. The molecule has 1 aromatic heterocycles. The molecule has 2 heterocycles. The van der Waals surface area contributed by atoms with E-state index in [-0.39, 0.29) is 5.82 Å². The highest BCUT2D eigenvalue weighted by Crippen LogP contribution is 2.32. The Morgan fingerprint density at radius 2 is 2.30 bits per heavy atom. The van der Waals surface area contributed by atoms with E-state index in [1.54, 1.807) is 6.19 Å². The van der Waals surface area contributed by atoms with Gasteiger partial charge in [-0.3, -0.25) is 9.88 Å². The van der Waals surface area contributed by atoms with Crippen molar-refractivity contribution in [2.75, 3.05) is 11.9 Å². The van der Waals surface area contributed by atoms with Crippen LogP contribution < -0.4 is 5.32 Å². The van der Waals surface area contributed by atoms with Gasteiger partial charge in [0.05, 0.1) is 12.9 Å². The van der Waals surface area contributed by atoms with E-state index in [4.69, 9.17) is 20.2 Å². The summed E-state index contributed by atoms with van der Waals surface area (Å²) in [6, 6.07) is 0. The van der Waals surface area contributed by atoms with E-state index in [0.29, 0.717) is 0 Å². The van der Waals surface area contributed by atoms with Crippen LogP contribution in [0.2, 0.25) is 0 Å². The monoisotopic (exact) mass is 286 g/mol. The molecule has 20 heavy (non-hydrogen) atoms. The Kier molecular flexibility index (Phi) is 3.86. The van der Waals surface area contributed by atoms with Gasteiger partial charge in [-0.05, 0) is 0 Å². The van der Waals surface area contributed by atoms with Crippen LogP contribution in [0.4, 0.5) is 5.82 Å². The summed E-state index contributed by atoms with van der Waals surface area (Å²) < 4.78 is 6.31. The third-order valence-electron chi connectivity index (χ3n) is 2.96. The van der Waals surface area contributed by atoms with Crippen molar-refractivity contribution in [3.05, 3.63) is 12.0 Å². The van der Waals surface area contributed by atoms with Gasteiger partial charge in [-0.25, -0.2) is 9.78 Å². The Balaban J connectivity index is 2.38. The van der Waals surface area contributed by atoms with Gasteiger partial charge in [-0.1, -0.05) is 0 Å². The zero-order valence-electron chi connectivity index (χ0n) is 10.0. The molecule has 1 aliphatic rings. The molecular formula is C10H12N4O6. The van der Waals surface area contributed by atoms with Crippen LogP contribution in [0.3, 0.4) is 0 Å². The van der Waals surface area contributed by atoms with E-state index in [1.807, 2.05) is 0 Å². The first-order valence-corrected chi connectivity index (χ1v) is 5.59. The van der Waals surface area contributed by atoms with Gasteiger partial charge < -0.3 is 25.2 Å². The maximum Gasteiger partial charge on any atom is 0.358 e. The van der Waals surface area contributed by atoms with Crippen molar-refractivity contribution in [3.63, 3.8) is 0 Å². The summed E-state index contributed by atoms with van der Waals surface area (Å²) in [5, 5.41) is 48.2. The zero-order valence-corrected chi connectivity index (χ0v) is 10.0. The maximum atomic E-state index is 11.0. The number of ether oxygens (including phenoxy) is 1. The summed E-state index contributed by atoms with van der Waals surface area (Å²) in [5.41, 5.74) is -0.427. The molecule has 0 spiro atoms. The van der Waals surface area contributed by atoms with Crippen LogP contribution in [0.1, 0.15) is 16.7 Å². The van der Waals surface area contributed by atoms with E-state index in [9.17, 15) is 15.0 Å². The van der Waals surface area contributed by atoms with Gasteiger partial charge in [-0.2, -0.15) is 5.26 Å². The first kappa shape index (κ1) is 14.2. The molecule has 1 saturated heterocycles. The molecule has 0 unspecified atom stereocenters. The highest BCUT2D eigenvalue weighted by molar-refractivity contribution is 5.91. The lowest BCUT2D eigenvalue weighted by molar-refractivity contribution is -0.0518. The summed E-state index contributed by atoms with van der Waals surface area (Å²) in [7, 11) is 0. The van der Waals surface area contributed by atoms with E-state index < -0.39 is 42.8 Å². The van der Waals surface area contributed by atoms with Crippen molar-refractivity contribution in [2.45, 2.75) is 24.5 Å². The second-order valence-corrected chi connectivity index (χ2v) is 4.12. The number of aliphatic hydroxyl groups is 3. The standard InChI is InChI=1S/C10H12N4O6/c11-2-12-8-5(10(18)19)13-3-14(8)9-7(17)6(16)4(1-15)20-9/h3-4,6-7,9,12,15-17H,1H2,(H,18,19)/t4-,6-,7-,9-/m1/s1/i18+2. The van der Waals surface area contributed by atoms with Gasteiger partial charge in [0, 0.05) is 0 Å². The predicted octanol–water partition coefficient (Wildman–Crippen LogP) is -1.91. The fourth-order valence-electron chi connectivity index (χ4n) is 2.00. The SMILES string of the molecule is N#CNc1c(C(=O)[18OH])ncn1[C@@H]1O[C@H](CO)[C@@H](O)[C@H]1O. The van der Waals surface area contributed by atoms with E-state index >= 15 is 0 Å². The Morgan fingerprint density at radius 1 is 1.60 bits per heavy atom. The second-order valence-electron chi connectivity index (χ2n) is 4.12. The second kappa shape index (κ2) is 5.43. The number of aromatic nitrogens is 2. The Hall–Kier alpha value is -2.19. The molecule has 1 fully saturated rings. The number of aliphatic hydroxyl groups excluding tert-OH is 3. The molecule has 108 valence electrons. The molecule has 2 rings (SSSR count). The normalized spacial score (nSPS) is 29.1. The minimum Gasteiger partial charge on any atom is -0.476 e. The number of aromatic carboxylic acids is 1. The molecule has 0 radical (unpaired) electrons. The summed E-state index contributed by atoms with van der Waals surface area (Å²) in [6.07, 6.45) is -2.30.